The topological polar surface area (TPSA) is 58.9 Å². The van der Waals surface area contributed by atoms with E-state index in [-0.39, 0.29) is 16.4 Å². The van der Waals surface area contributed by atoms with Crippen LogP contribution in [0.1, 0.15) is 27.7 Å². The molecule has 2 rings (SSSR count). The van der Waals surface area contributed by atoms with Gasteiger partial charge in [-0.25, -0.2) is 4.79 Å². The molecule has 4 heteroatoms. The van der Waals surface area contributed by atoms with E-state index in [9.17, 15) is 9.90 Å². The number of carbonyl (C=O) groups is 1. The van der Waals surface area contributed by atoms with Gasteiger partial charge in [0, 0.05) is 23.2 Å². The summed E-state index contributed by atoms with van der Waals surface area (Å²) in [6.07, 6.45) is 14.2. The van der Waals surface area contributed by atoms with Crippen molar-refractivity contribution < 1.29 is 14.6 Å². The second-order valence-corrected chi connectivity index (χ2v) is 6.67. The maximum Gasteiger partial charge on any atom is 0.335 e. The SMILES string of the molecule is CC1(C)C=NC=CC(OC2=CC(C(=O)O)=CC(C)(C)C=C2)=C1. The zero-order valence-electron chi connectivity index (χ0n) is 13.3. The zero-order valence-corrected chi connectivity index (χ0v) is 13.3. The van der Waals surface area contributed by atoms with Gasteiger partial charge in [0.05, 0.1) is 5.57 Å². The molecule has 0 unspecified atom stereocenters. The minimum atomic E-state index is -0.966. The van der Waals surface area contributed by atoms with Crippen LogP contribution in [-0.4, -0.2) is 17.3 Å². The van der Waals surface area contributed by atoms with Crippen molar-refractivity contribution in [1.29, 1.82) is 0 Å². The van der Waals surface area contributed by atoms with E-state index in [0.29, 0.717) is 11.5 Å². The highest BCUT2D eigenvalue weighted by atomic mass is 16.5. The summed E-state index contributed by atoms with van der Waals surface area (Å²) in [7, 11) is 0. The van der Waals surface area contributed by atoms with E-state index in [1.54, 1.807) is 30.5 Å². The van der Waals surface area contributed by atoms with Crippen LogP contribution in [0.2, 0.25) is 0 Å². The van der Waals surface area contributed by atoms with E-state index in [1.165, 1.54) is 0 Å². The fourth-order valence-electron chi connectivity index (χ4n) is 2.18. The molecule has 0 aromatic carbocycles. The Morgan fingerprint density at radius 3 is 2.50 bits per heavy atom. The molecule has 0 aromatic rings. The van der Waals surface area contributed by atoms with Crippen LogP contribution in [0.15, 0.2) is 64.7 Å². The van der Waals surface area contributed by atoms with Gasteiger partial charge in [0.1, 0.15) is 11.5 Å². The molecule has 0 radical (unpaired) electrons. The number of carboxylic acid groups (broad SMARTS) is 1. The molecule has 1 heterocycles. The van der Waals surface area contributed by atoms with Gasteiger partial charge in [-0.3, -0.25) is 4.99 Å². The molecule has 1 aliphatic heterocycles. The Labute approximate surface area is 130 Å². The number of nitrogens with zero attached hydrogens (tertiary/aromatic N) is 1. The van der Waals surface area contributed by atoms with Crippen LogP contribution < -0.4 is 0 Å². The van der Waals surface area contributed by atoms with E-state index in [0.717, 1.165) is 0 Å². The lowest BCUT2D eigenvalue weighted by Crippen LogP contribution is -2.09. The van der Waals surface area contributed by atoms with Gasteiger partial charge in [0.2, 0.25) is 0 Å². The van der Waals surface area contributed by atoms with Crippen LogP contribution in [0.3, 0.4) is 0 Å². The second kappa shape index (κ2) is 5.79. The van der Waals surface area contributed by atoms with Crippen molar-refractivity contribution in [2.75, 3.05) is 0 Å². The molecule has 4 nitrogen and oxygen atoms in total. The Morgan fingerprint density at radius 2 is 1.82 bits per heavy atom. The number of aliphatic carboxylic acids is 1. The summed E-state index contributed by atoms with van der Waals surface area (Å²) in [6, 6.07) is 0. The number of allylic oxidation sites excluding steroid dienone is 5. The highest BCUT2D eigenvalue weighted by Crippen LogP contribution is 2.28. The monoisotopic (exact) mass is 299 g/mol. The Bertz CT molecular complexity index is 656. The van der Waals surface area contributed by atoms with Crippen LogP contribution in [-0.2, 0) is 9.53 Å². The first kappa shape index (κ1) is 16.0. The summed E-state index contributed by atoms with van der Waals surface area (Å²) in [5, 5.41) is 9.30. The maximum absolute atomic E-state index is 11.3. The summed E-state index contributed by atoms with van der Waals surface area (Å²) < 4.78 is 5.87. The summed E-state index contributed by atoms with van der Waals surface area (Å²) >= 11 is 0. The van der Waals surface area contributed by atoms with Crippen LogP contribution in [0, 0.1) is 10.8 Å². The predicted molar refractivity (Wildman–Crippen MR) is 87.3 cm³/mol. The normalized spacial score (nSPS) is 22.1. The van der Waals surface area contributed by atoms with Crippen molar-refractivity contribution in [3.8, 4) is 0 Å². The second-order valence-electron chi connectivity index (χ2n) is 6.67. The summed E-state index contributed by atoms with van der Waals surface area (Å²) in [5.41, 5.74) is -0.344. The van der Waals surface area contributed by atoms with E-state index in [4.69, 9.17) is 4.74 Å². The van der Waals surface area contributed by atoms with Crippen LogP contribution >= 0.6 is 0 Å². The molecule has 2 aliphatic rings. The molecule has 1 N–H and O–H groups in total. The molecular weight excluding hydrogens is 278 g/mol. The van der Waals surface area contributed by atoms with Crippen molar-refractivity contribution >= 4 is 12.2 Å². The molecule has 0 saturated heterocycles. The molecule has 0 fully saturated rings. The van der Waals surface area contributed by atoms with Gasteiger partial charge in [-0.15, -0.1) is 0 Å². The number of rotatable bonds is 3. The largest absolute Gasteiger partial charge is 0.478 e. The summed E-state index contributed by atoms with van der Waals surface area (Å²) in [4.78, 5) is 15.5. The van der Waals surface area contributed by atoms with Crippen molar-refractivity contribution in [2.45, 2.75) is 27.7 Å². The third-order valence-electron chi connectivity index (χ3n) is 3.23. The Kier molecular flexibility index (Phi) is 4.22. The van der Waals surface area contributed by atoms with Gasteiger partial charge < -0.3 is 9.84 Å². The quantitative estimate of drug-likeness (QED) is 0.856. The molecule has 22 heavy (non-hydrogen) atoms. The lowest BCUT2D eigenvalue weighted by Gasteiger charge is -2.15. The van der Waals surface area contributed by atoms with Gasteiger partial charge in [-0.2, -0.15) is 0 Å². The molecule has 0 bridgehead atoms. The molecule has 0 amide bonds. The van der Waals surface area contributed by atoms with Crippen molar-refractivity contribution in [2.24, 2.45) is 15.8 Å². The first-order chi connectivity index (χ1) is 10.2. The summed E-state index contributed by atoms with van der Waals surface area (Å²) in [5.74, 6) is 0.169. The van der Waals surface area contributed by atoms with E-state index in [2.05, 4.69) is 4.99 Å². The third-order valence-corrected chi connectivity index (χ3v) is 3.23. The van der Waals surface area contributed by atoms with Gasteiger partial charge in [0.15, 0.2) is 0 Å². The van der Waals surface area contributed by atoms with Gasteiger partial charge in [-0.05, 0) is 24.3 Å². The average Bonchev–Trinajstić information content (AvgIpc) is 2.64. The third kappa shape index (κ3) is 4.32. The minimum Gasteiger partial charge on any atom is -0.478 e. The van der Waals surface area contributed by atoms with Gasteiger partial charge in [0.25, 0.3) is 0 Å². The number of aliphatic imine (C=N–C) groups is 1. The standard InChI is InChI=1S/C18H21NO3/c1-17(2)7-5-14(9-13(10-17)16(20)21)22-15-6-8-19-12-18(3,4)11-15/h5-12H,1-4H3,(H,20,21). The van der Waals surface area contributed by atoms with Crippen LogP contribution in [0.25, 0.3) is 0 Å². The van der Waals surface area contributed by atoms with Crippen LogP contribution in [0.5, 0.6) is 0 Å². The highest BCUT2D eigenvalue weighted by Gasteiger charge is 2.20. The number of ether oxygens (including phenoxy) is 1. The minimum absolute atomic E-state index is 0.221. The molecule has 116 valence electrons. The molecule has 0 saturated carbocycles. The highest BCUT2D eigenvalue weighted by molar-refractivity contribution is 5.90. The van der Waals surface area contributed by atoms with Crippen LogP contribution in [0.4, 0.5) is 0 Å². The van der Waals surface area contributed by atoms with E-state index < -0.39 is 5.97 Å². The Hall–Kier alpha value is -2.36. The number of hydrogen-bond donors (Lipinski definition) is 1. The maximum atomic E-state index is 11.3. The zero-order chi connectivity index (χ0) is 16.4. The van der Waals surface area contributed by atoms with E-state index in [1.807, 2.05) is 46.1 Å². The Balaban J connectivity index is 2.31. The molecule has 0 atom stereocenters. The van der Waals surface area contributed by atoms with Crippen molar-refractivity contribution in [1.82, 2.24) is 0 Å². The summed E-state index contributed by atoms with van der Waals surface area (Å²) in [6.45, 7) is 7.95. The lowest BCUT2D eigenvalue weighted by molar-refractivity contribution is -0.132. The molecule has 0 aromatic heterocycles. The Morgan fingerprint density at radius 1 is 1.09 bits per heavy atom. The van der Waals surface area contributed by atoms with Crippen molar-refractivity contribution in [3.63, 3.8) is 0 Å². The van der Waals surface area contributed by atoms with Gasteiger partial charge in [-0.1, -0.05) is 39.8 Å². The van der Waals surface area contributed by atoms with Crippen molar-refractivity contribution in [3.05, 3.63) is 59.7 Å². The molecular formula is C18H21NO3. The number of carboxylic acids is 1. The first-order valence-electron chi connectivity index (χ1n) is 7.16. The fraction of sp³-hybridized carbons (Fsp3) is 0.333. The molecule has 1 aliphatic carbocycles. The lowest BCUT2D eigenvalue weighted by atomic mass is 9.91. The van der Waals surface area contributed by atoms with Gasteiger partial charge >= 0.3 is 5.97 Å². The van der Waals surface area contributed by atoms with E-state index >= 15 is 0 Å². The average molecular weight is 299 g/mol. The smallest absolute Gasteiger partial charge is 0.335 e. The first-order valence-corrected chi connectivity index (χ1v) is 7.16. The molecule has 0 spiro atoms. The number of hydrogen-bond acceptors (Lipinski definition) is 3. The fourth-order valence-corrected chi connectivity index (χ4v) is 2.18. The predicted octanol–water partition coefficient (Wildman–Crippen LogP) is 4.00.